The van der Waals surface area contributed by atoms with Gasteiger partial charge in [0.05, 0.1) is 13.2 Å². The highest BCUT2D eigenvalue weighted by Crippen LogP contribution is 2.28. The van der Waals surface area contributed by atoms with Gasteiger partial charge in [-0.2, -0.15) is 0 Å². The van der Waals surface area contributed by atoms with Gasteiger partial charge in [-0.25, -0.2) is 0 Å². The molecule has 3 N–H and O–H groups in total. The molecule has 0 aliphatic rings. The topological polar surface area (TPSA) is 60.7 Å². The van der Waals surface area contributed by atoms with Gasteiger partial charge in [0.1, 0.15) is 5.75 Å². The smallest absolute Gasteiger partial charge is 0.115 e. The summed E-state index contributed by atoms with van der Waals surface area (Å²) in [6.45, 7) is -0.299. The first-order valence-corrected chi connectivity index (χ1v) is 6.25. The van der Waals surface area contributed by atoms with Gasteiger partial charge in [-0.1, -0.05) is 42.5 Å². The van der Waals surface area contributed by atoms with Crippen LogP contribution in [0.15, 0.2) is 54.6 Å². The van der Waals surface area contributed by atoms with Gasteiger partial charge < -0.3 is 15.3 Å². The van der Waals surface area contributed by atoms with Gasteiger partial charge in [0.2, 0.25) is 0 Å². The summed E-state index contributed by atoms with van der Waals surface area (Å²) < 4.78 is 0. The SMILES string of the molecule is OCC(CO)(Cc1cccc(O)c1)c1ccccc1. The lowest BCUT2D eigenvalue weighted by molar-refractivity contribution is 0.116. The van der Waals surface area contributed by atoms with E-state index in [1.54, 1.807) is 18.2 Å². The molecular formula is C16H18O3. The number of phenolic OH excluding ortho intramolecular Hbond substituents is 1. The molecule has 3 nitrogen and oxygen atoms in total. The maximum atomic E-state index is 9.74. The number of aliphatic hydroxyl groups is 2. The average Bonchev–Trinajstić information content (AvgIpc) is 2.46. The van der Waals surface area contributed by atoms with E-state index in [4.69, 9.17) is 0 Å². The van der Waals surface area contributed by atoms with E-state index in [9.17, 15) is 15.3 Å². The standard InChI is InChI=1S/C16H18O3/c17-11-16(12-18,14-6-2-1-3-7-14)10-13-5-4-8-15(19)9-13/h1-9,17-19H,10-12H2. The summed E-state index contributed by atoms with van der Waals surface area (Å²) in [7, 11) is 0. The molecule has 0 atom stereocenters. The molecule has 0 saturated carbocycles. The minimum absolute atomic E-state index is 0.150. The van der Waals surface area contributed by atoms with Crippen LogP contribution >= 0.6 is 0 Å². The molecule has 0 aliphatic heterocycles. The van der Waals surface area contributed by atoms with E-state index in [0.29, 0.717) is 6.42 Å². The molecular weight excluding hydrogens is 240 g/mol. The van der Waals surface area contributed by atoms with Crippen LogP contribution in [0.25, 0.3) is 0 Å². The van der Waals surface area contributed by atoms with Gasteiger partial charge in [0.25, 0.3) is 0 Å². The number of aliphatic hydroxyl groups excluding tert-OH is 2. The van der Waals surface area contributed by atoms with Crippen molar-refractivity contribution in [2.24, 2.45) is 0 Å². The zero-order valence-corrected chi connectivity index (χ0v) is 10.7. The molecule has 3 heteroatoms. The highest BCUT2D eigenvalue weighted by atomic mass is 16.3. The van der Waals surface area contributed by atoms with Crippen molar-refractivity contribution in [3.63, 3.8) is 0 Å². The number of phenols is 1. The summed E-state index contributed by atoms with van der Waals surface area (Å²) in [5.41, 5.74) is 1.05. The summed E-state index contributed by atoms with van der Waals surface area (Å²) in [5.74, 6) is 0.190. The quantitative estimate of drug-likeness (QED) is 0.767. The van der Waals surface area contributed by atoms with Crippen molar-refractivity contribution < 1.29 is 15.3 Å². The van der Waals surface area contributed by atoms with Gasteiger partial charge in [0, 0.05) is 5.41 Å². The monoisotopic (exact) mass is 258 g/mol. The van der Waals surface area contributed by atoms with Crippen LogP contribution < -0.4 is 0 Å². The number of benzene rings is 2. The largest absolute Gasteiger partial charge is 0.508 e. The fraction of sp³-hybridized carbons (Fsp3) is 0.250. The zero-order chi connectivity index (χ0) is 13.7. The lowest BCUT2D eigenvalue weighted by Crippen LogP contribution is -2.37. The van der Waals surface area contributed by atoms with Crippen LogP contribution in [0, 0.1) is 0 Å². The van der Waals surface area contributed by atoms with Crippen LogP contribution in [0.3, 0.4) is 0 Å². The Morgan fingerprint density at radius 3 is 2.11 bits per heavy atom. The fourth-order valence-electron chi connectivity index (χ4n) is 2.30. The van der Waals surface area contributed by atoms with Crippen molar-refractivity contribution in [1.29, 1.82) is 0 Å². The first-order chi connectivity index (χ1) is 9.20. The molecule has 0 fully saturated rings. The Kier molecular flexibility index (Phi) is 4.20. The van der Waals surface area contributed by atoms with Crippen molar-refractivity contribution in [3.05, 3.63) is 65.7 Å². The Balaban J connectivity index is 2.35. The maximum Gasteiger partial charge on any atom is 0.115 e. The van der Waals surface area contributed by atoms with Crippen molar-refractivity contribution in [2.75, 3.05) is 13.2 Å². The van der Waals surface area contributed by atoms with E-state index >= 15 is 0 Å². The number of aromatic hydroxyl groups is 1. The molecule has 2 aromatic carbocycles. The maximum absolute atomic E-state index is 9.74. The van der Waals surface area contributed by atoms with E-state index in [-0.39, 0.29) is 19.0 Å². The summed E-state index contributed by atoms with van der Waals surface area (Å²) in [4.78, 5) is 0. The Bertz CT molecular complexity index is 519. The second-order valence-electron chi connectivity index (χ2n) is 4.81. The van der Waals surface area contributed by atoms with Gasteiger partial charge in [-0.05, 0) is 29.7 Å². The predicted molar refractivity (Wildman–Crippen MR) is 74.1 cm³/mol. The predicted octanol–water partition coefficient (Wildman–Crippen LogP) is 1.86. The normalized spacial score (nSPS) is 11.5. The first kappa shape index (κ1) is 13.6. The average molecular weight is 258 g/mol. The summed E-state index contributed by atoms with van der Waals surface area (Å²) in [5, 5.41) is 29.0. The minimum atomic E-state index is -0.727. The van der Waals surface area contributed by atoms with Crippen LogP contribution in [0.4, 0.5) is 0 Å². The van der Waals surface area contributed by atoms with Crippen molar-refractivity contribution in [1.82, 2.24) is 0 Å². The molecule has 0 aliphatic carbocycles. The molecule has 0 radical (unpaired) electrons. The molecule has 100 valence electrons. The van der Waals surface area contributed by atoms with E-state index in [0.717, 1.165) is 11.1 Å². The molecule has 0 saturated heterocycles. The third-order valence-electron chi connectivity index (χ3n) is 3.44. The van der Waals surface area contributed by atoms with Crippen molar-refractivity contribution in [3.8, 4) is 5.75 Å². The third kappa shape index (κ3) is 2.95. The molecule has 2 aromatic rings. The van der Waals surface area contributed by atoms with Gasteiger partial charge in [-0.15, -0.1) is 0 Å². The molecule has 2 rings (SSSR count). The Hall–Kier alpha value is -1.84. The van der Waals surface area contributed by atoms with E-state index in [1.165, 1.54) is 0 Å². The van der Waals surface area contributed by atoms with Crippen LogP contribution in [-0.2, 0) is 11.8 Å². The van der Waals surface area contributed by atoms with Crippen LogP contribution in [0.5, 0.6) is 5.75 Å². The van der Waals surface area contributed by atoms with Crippen molar-refractivity contribution in [2.45, 2.75) is 11.8 Å². The van der Waals surface area contributed by atoms with Gasteiger partial charge in [-0.3, -0.25) is 0 Å². The Morgan fingerprint density at radius 2 is 1.53 bits per heavy atom. The second kappa shape index (κ2) is 5.87. The molecule has 0 unspecified atom stereocenters. The van der Waals surface area contributed by atoms with Crippen LogP contribution in [-0.4, -0.2) is 28.5 Å². The third-order valence-corrected chi connectivity index (χ3v) is 3.44. The lowest BCUT2D eigenvalue weighted by atomic mass is 9.77. The van der Waals surface area contributed by atoms with E-state index in [1.807, 2.05) is 36.4 Å². The van der Waals surface area contributed by atoms with E-state index in [2.05, 4.69) is 0 Å². The molecule has 0 aromatic heterocycles. The summed E-state index contributed by atoms with van der Waals surface area (Å²) >= 11 is 0. The summed E-state index contributed by atoms with van der Waals surface area (Å²) in [6, 6.07) is 16.4. The van der Waals surface area contributed by atoms with Crippen LogP contribution in [0.2, 0.25) is 0 Å². The summed E-state index contributed by atoms with van der Waals surface area (Å²) in [6.07, 6.45) is 0.471. The van der Waals surface area contributed by atoms with Crippen molar-refractivity contribution >= 4 is 0 Å². The van der Waals surface area contributed by atoms with Crippen LogP contribution in [0.1, 0.15) is 11.1 Å². The first-order valence-electron chi connectivity index (χ1n) is 6.25. The molecule has 0 heterocycles. The van der Waals surface area contributed by atoms with E-state index < -0.39 is 5.41 Å². The highest BCUT2D eigenvalue weighted by molar-refractivity contribution is 5.33. The minimum Gasteiger partial charge on any atom is -0.508 e. The highest BCUT2D eigenvalue weighted by Gasteiger charge is 2.31. The van der Waals surface area contributed by atoms with Gasteiger partial charge in [0.15, 0.2) is 0 Å². The lowest BCUT2D eigenvalue weighted by Gasteiger charge is -2.30. The Labute approximate surface area is 112 Å². The second-order valence-corrected chi connectivity index (χ2v) is 4.81. The fourth-order valence-corrected chi connectivity index (χ4v) is 2.30. The molecule has 0 bridgehead atoms. The Morgan fingerprint density at radius 1 is 0.842 bits per heavy atom. The number of hydrogen-bond acceptors (Lipinski definition) is 3. The molecule has 0 amide bonds. The number of rotatable bonds is 5. The molecule has 0 spiro atoms. The zero-order valence-electron chi connectivity index (χ0n) is 10.7. The number of hydrogen-bond donors (Lipinski definition) is 3. The molecule has 19 heavy (non-hydrogen) atoms. The van der Waals surface area contributed by atoms with Gasteiger partial charge >= 0.3 is 0 Å².